The number of amides is 1. The Morgan fingerprint density at radius 2 is 2.17 bits per heavy atom. The van der Waals surface area contributed by atoms with E-state index in [0.29, 0.717) is 13.0 Å². The number of hydrogen-bond acceptors (Lipinski definition) is 3. The minimum atomic E-state index is -0.000745. The SMILES string of the molecule is Cc1ccc(N(CCC#N)C(=O)[C@@H]2C[C@H]2c2cnn(C)c2)cc1. The predicted molar refractivity (Wildman–Crippen MR) is 87.8 cm³/mol. The number of rotatable bonds is 5. The van der Waals surface area contributed by atoms with Crippen LogP contribution >= 0.6 is 0 Å². The highest BCUT2D eigenvalue weighted by molar-refractivity contribution is 5.97. The van der Waals surface area contributed by atoms with Gasteiger partial charge >= 0.3 is 0 Å². The number of nitrogens with zero attached hydrogens (tertiary/aromatic N) is 4. The number of aromatic nitrogens is 2. The zero-order chi connectivity index (χ0) is 16.4. The molecule has 0 radical (unpaired) electrons. The van der Waals surface area contributed by atoms with E-state index in [2.05, 4.69) is 11.2 Å². The molecule has 118 valence electrons. The van der Waals surface area contributed by atoms with Crippen molar-refractivity contribution in [2.75, 3.05) is 11.4 Å². The molecule has 0 aliphatic heterocycles. The van der Waals surface area contributed by atoms with Gasteiger partial charge in [0.1, 0.15) is 0 Å². The molecule has 0 spiro atoms. The lowest BCUT2D eigenvalue weighted by molar-refractivity contribution is -0.119. The molecular formula is C18H20N4O. The molecule has 5 heteroatoms. The fourth-order valence-electron chi connectivity index (χ4n) is 2.92. The van der Waals surface area contributed by atoms with Gasteiger partial charge in [-0.05, 0) is 37.0 Å². The summed E-state index contributed by atoms with van der Waals surface area (Å²) in [6.07, 6.45) is 5.01. The Kier molecular flexibility index (Phi) is 4.16. The van der Waals surface area contributed by atoms with Crippen molar-refractivity contribution < 1.29 is 4.79 Å². The number of nitriles is 1. The molecule has 3 rings (SSSR count). The average molecular weight is 308 g/mol. The minimum Gasteiger partial charge on any atom is -0.311 e. The highest BCUT2D eigenvalue weighted by Crippen LogP contribution is 2.48. The summed E-state index contributed by atoms with van der Waals surface area (Å²) in [5.41, 5.74) is 3.14. The van der Waals surface area contributed by atoms with Crippen LogP contribution in [0, 0.1) is 24.2 Å². The summed E-state index contributed by atoms with van der Waals surface area (Å²) in [6.45, 7) is 2.46. The molecule has 1 aromatic heterocycles. The predicted octanol–water partition coefficient (Wildman–Crippen LogP) is 2.78. The first-order valence-electron chi connectivity index (χ1n) is 7.83. The zero-order valence-electron chi connectivity index (χ0n) is 13.4. The minimum absolute atomic E-state index is 0.000745. The first-order chi connectivity index (χ1) is 11.1. The molecule has 2 aromatic rings. The van der Waals surface area contributed by atoms with Gasteiger partial charge in [0.2, 0.25) is 5.91 Å². The Bertz CT molecular complexity index is 741. The van der Waals surface area contributed by atoms with Gasteiger partial charge in [0.05, 0.1) is 18.7 Å². The van der Waals surface area contributed by atoms with Crippen LogP contribution in [0.4, 0.5) is 5.69 Å². The summed E-state index contributed by atoms with van der Waals surface area (Å²) in [5, 5.41) is 13.1. The Labute approximate surface area is 136 Å². The second kappa shape index (κ2) is 6.25. The second-order valence-corrected chi connectivity index (χ2v) is 6.13. The molecule has 1 aliphatic carbocycles. The fraction of sp³-hybridized carbons (Fsp3) is 0.389. The van der Waals surface area contributed by atoms with Crippen LogP contribution in [0.5, 0.6) is 0 Å². The molecule has 0 saturated heterocycles. The third-order valence-electron chi connectivity index (χ3n) is 4.32. The Morgan fingerprint density at radius 3 is 2.78 bits per heavy atom. The molecule has 5 nitrogen and oxygen atoms in total. The van der Waals surface area contributed by atoms with E-state index < -0.39 is 0 Å². The molecule has 0 N–H and O–H groups in total. The summed E-state index contributed by atoms with van der Waals surface area (Å²) in [4.78, 5) is 14.6. The van der Waals surface area contributed by atoms with E-state index in [1.807, 2.05) is 50.6 Å². The number of carbonyl (C=O) groups is 1. The van der Waals surface area contributed by atoms with Crippen molar-refractivity contribution in [3.63, 3.8) is 0 Å². The third-order valence-corrected chi connectivity index (χ3v) is 4.32. The van der Waals surface area contributed by atoms with Gasteiger partial charge in [0, 0.05) is 31.4 Å². The maximum Gasteiger partial charge on any atom is 0.230 e. The lowest BCUT2D eigenvalue weighted by Crippen LogP contribution is -2.33. The van der Waals surface area contributed by atoms with Crippen LogP contribution < -0.4 is 4.90 Å². The van der Waals surface area contributed by atoms with Crippen LogP contribution in [0.15, 0.2) is 36.7 Å². The highest BCUT2D eigenvalue weighted by atomic mass is 16.2. The summed E-state index contributed by atoms with van der Waals surface area (Å²) in [6, 6.07) is 10.0. The van der Waals surface area contributed by atoms with Crippen molar-refractivity contribution in [1.29, 1.82) is 5.26 Å². The van der Waals surface area contributed by atoms with Crippen molar-refractivity contribution in [1.82, 2.24) is 9.78 Å². The molecule has 1 heterocycles. The normalized spacial score (nSPS) is 19.2. The van der Waals surface area contributed by atoms with Gasteiger partial charge in [-0.2, -0.15) is 10.4 Å². The smallest absolute Gasteiger partial charge is 0.230 e. The summed E-state index contributed by atoms with van der Waals surface area (Å²) in [5.74, 6) is 0.364. The molecule has 1 amide bonds. The van der Waals surface area contributed by atoms with Crippen LogP contribution in [-0.2, 0) is 11.8 Å². The number of anilines is 1. The summed E-state index contributed by atoms with van der Waals surface area (Å²) < 4.78 is 1.77. The average Bonchev–Trinajstić information content (AvgIpc) is 3.23. The topological polar surface area (TPSA) is 61.9 Å². The fourth-order valence-corrected chi connectivity index (χ4v) is 2.92. The van der Waals surface area contributed by atoms with Crippen molar-refractivity contribution in [2.45, 2.75) is 25.7 Å². The molecule has 1 fully saturated rings. The van der Waals surface area contributed by atoms with E-state index in [-0.39, 0.29) is 17.7 Å². The molecule has 2 atom stereocenters. The summed E-state index contributed by atoms with van der Waals surface area (Å²) in [7, 11) is 1.88. The van der Waals surface area contributed by atoms with Gasteiger partial charge in [-0.25, -0.2) is 0 Å². The van der Waals surface area contributed by atoms with Gasteiger partial charge in [0.15, 0.2) is 0 Å². The van der Waals surface area contributed by atoms with Crippen LogP contribution in [-0.4, -0.2) is 22.2 Å². The first-order valence-corrected chi connectivity index (χ1v) is 7.83. The lowest BCUT2D eigenvalue weighted by atomic mass is 10.1. The Hall–Kier alpha value is -2.61. The molecule has 1 aromatic carbocycles. The van der Waals surface area contributed by atoms with E-state index in [1.54, 1.807) is 9.58 Å². The van der Waals surface area contributed by atoms with Crippen molar-refractivity contribution in [3.05, 3.63) is 47.8 Å². The highest BCUT2D eigenvalue weighted by Gasteiger charge is 2.46. The van der Waals surface area contributed by atoms with Gasteiger partial charge in [-0.3, -0.25) is 9.48 Å². The van der Waals surface area contributed by atoms with Crippen LogP contribution in [0.3, 0.4) is 0 Å². The molecule has 0 unspecified atom stereocenters. The molecular weight excluding hydrogens is 288 g/mol. The molecule has 1 saturated carbocycles. The zero-order valence-corrected chi connectivity index (χ0v) is 13.4. The van der Waals surface area contributed by atoms with E-state index >= 15 is 0 Å². The largest absolute Gasteiger partial charge is 0.311 e. The maximum atomic E-state index is 12.9. The van der Waals surface area contributed by atoms with Gasteiger partial charge in [0.25, 0.3) is 0 Å². The van der Waals surface area contributed by atoms with Crippen LogP contribution in [0.25, 0.3) is 0 Å². The molecule has 0 bridgehead atoms. The number of hydrogen-bond donors (Lipinski definition) is 0. The van der Waals surface area contributed by atoms with E-state index in [0.717, 1.165) is 23.2 Å². The van der Waals surface area contributed by atoms with E-state index in [9.17, 15) is 4.79 Å². The standard InChI is InChI=1S/C18H20N4O/c1-13-4-6-15(7-5-13)22(9-3-8-19)18(23)17-10-16(17)14-11-20-21(2)12-14/h4-7,11-12,16-17H,3,9-10H2,1-2H3/t16-,17+/m0/s1. The quantitative estimate of drug-likeness (QED) is 0.853. The van der Waals surface area contributed by atoms with Gasteiger partial charge in [-0.15, -0.1) is 0 Å². The van der Waals surface area contributed by atoms with E-state index in [1.165, 1.54) is 0 Å². The number of aryl methyl sites for hydroxylation is 2. The third kappa shape index (κ3) is 3.26. The monoisotopic (exact) mass is 308 g/mol. The van der Waals surface area contributed by atoms with Crippen LogP contribution in [0.1, 0.15) is 29.9 Å². The van der Waals surface area contributed by atoms with Crippen molar-refractivity contribution in [3.8, 4) is 6.07 Å². The Morgan fingerprint density at radius 1 is 1.43 bits per heavy atom. The van der Waals surface area contributed by atoms with Crippen molar-refractivity contribution in [2.24, 2.45) is 13.0 Å². The van der Waals surface area contributed by atoms with E-state index in [4.69, 9.17) is 5.26 Å². The first kappa shape index (κ1) is 15.3. The lowest BCUT2D eigenvalue weighted by Gasteiger charge is -2.22. The molecule has 1 aliphatic rings. The van der Waals surface area contributed by atoms with Crippen LogP contribution in [0.2, 0.25) is 0 Å². The van der Waals surface area contributed by atoms with Crippen molar-refractivity contribution >= 4 is 11.6 Å². The number of benzene rings is 1. The van der Waals surface area contributed by atoms with Gasteiger partial charge in [-0.1, -0.05) is 17.7 Å². The summed E-state index contributed by atoms with van der Waals surface area (Å²) >= 11 is 0. The second-order valence-electron chi connectivity index (χ2n) is 6.13. The Balaban J connectivity index is 1.76. The maximum absolute atomic E-state index is 12.9. The molecule has 23 heavy (non-hydrogen) atoms. The number of carbonyl (C=O) groups excluding carboxylic acids is 1. The van der Waals surface area contributed by atoms with Gasteiger partial charge < -0.3 is 4.90 Å².